The van der Waals surface area contributed by atoms with Gasteiger partial charge in [-0.1, -0.05) is 17.7 Å². The van der Waals surface area contributed by atoms with Crippen LogP contribution < -0.4 is 15.5 Å². The second-order valence-corrected chi connectivity index (χ2v) is 7.65. The number of carbonyl (C=O) groups is 2. The van der Waals surface area contributed by atoms with Crippen LogP contribution in [-0.2, 0) is 14.3 Å². The molecule has 8 heteroatoms. The SMILES string of the molecule is COCC1(CNC(=O)C2CCN(c3cccc(Cl)c3)C2=O)CCNCC1.Cl. The van der Waals surface area contributed by atoms with Crippen LogP contribution in [0.15, 0.2) is 24.3 Å². The van der Waals surface area contributed by atoms with Crippen LogP contribution in [0.5, 0.6) is 0 Å². The molecule has 1 atom stereocenters. The zero-order valence-electron chi connectivity index (χ0n) is 15.5. The molecule has 0 radical (unpaired) electrons. The van der Waals surface area contributed by atoms with E-state index in [0.29, 0.717) is 31.1 Å². The summed E-state index contributed by atoms with van der Waals surface area (Å²) in [7, 11) is 1.69. The van der Waals surface area contributed by atoms with Gasteiger partial charge in [-0.25, -0.2) is 0 Å². The van der Waals surface area contributed by atoms with Gasteiger partial charge in [0.25, 0.3) is 0 Å². The number of halogens is 2. The van der Waals surface area contributed by atoms with Gasteiger partial charge in [-0.15, -0.1) is 12.4 Å². The predicted molar refractivity (Wildman–Crippen MR) is 109 cm³/mol. The molecular formula is C19H27Cl2N3O3. The number of nitrogens with one attached hydrogen (secondary N) is 2. The lowest BCUT2D eigenvalue weighted by atomic mass is 9.79. The Balaban J connectivity index is 0.00000261. The molecular weight excluding hydrogens is 389 g/mol. The Kier molecular flexibility index (Phi) is 7.91. The second kappa shape index (κ2) is 9.73. The quantitative estimate of drug-likeness (QED) is 0.698. The monoisotopic (exact) mass is 415 g/mol. The van der Waals surface area contributed by atoms with Crippen molar-refractivity contribution in [3.05, 3.63) is 29.3 Å². The van der Waals surface area contributed by atoms with Crippen LogP contribution >= 0.6 is 24.0 Å². The Labute approximate surface area is 171 Å². The topological polar surface area (TPSA) is 70.7 Å². The molecule has 1 aromatic carbocycles. The third kappa shape index (κ3) is 5.13. The number of methoxy groups -OCH3 is 1. The van der Waals surface area contributed by atoms with Crippen molar-refractivity contribution in [3.63, 3.8) is 0 Å². The summed E-state index contributed by atoms with van der Waals surface area (Å²) in [6.45, 7) is 3.53. The van der Waals surface area contributed by atoms with Crippen LogP contribution in [0.2, 0.25) is 5.02 Å². The maximum Gasteiger partial charge on any atom is 0.239 e. The largest absolute Gasteiger partial charge is 0.384 e. The second-order valence-electron chi connectivity index (χ2n) is 7.21. The van der Waals surface area contributed by atoms with Gasteiger partial charge in [-0.05, 0) is 50.6 Å². The smallest absolute Gasteiger partial charge is 0.239 e. The first-order valence-electron chi connectivity index (χ1n) is 9.09. The third-order valence-electron chi connectivity index (χ3n) is 5.39. The van der Waals surface area contributed by atoms with Crippen molar-refractivity contribution in [2.24, 2.45) is 11.3 Å². The van der Waals surface area contributed by atoms with Gasteiger partial charge in [-0.3, -0.25) is 9.59 Å². The molecule has 0 saturated carbocycles. The molecule has 2 N–H and O–H groups in total. The Morgan fingerprint density at radius 3 is 2.81 bits per heavy atom. The van der Waals surface area contributed by atoms with E-state index in [9.17, 15) is 9.59 Å². The highest BCUT2D eigenvalue weighted by molar-refractivity contribution is 6.31. The van der Waals surface area contributed by atoms with Gasteiger partial charge in [0.2, 0.25) is 11.8 Å². The fourth-order valence-electron chi connectivity index (χ4n) is 3.86. The average Bonchev–Trinajstić information content (AvgIpc) is 3.02. The van der Waals surface area contributed by atoms with E-state index in [4.69, 9.17) is 16.3 Å². The number of benzene rings is 1. The van der Waals surface area contributed by atoms with Crippen LogP contribution in [0, 0.1) is 11.3 Å². The molecule has 2 amide bonds. The molecule has 2 aliphatic heterocycles. The number of hydrogen-bond acceptors (Lipinski definition) is 4. The summed E-state index contributed by atoms with van der Waals surface area (Å²) >= 11 is 6.02. The molecule has 0 bridgehead atoms. The molecule has 3 rings (SSSR count). The highest BCUT2D eigenvalue weighted by atomic mass is 35.5. The highest BCUT2D eigenvalue weighted by Gasteiger charge is 2.39. The van der Waals surface area contributed by atoms with Crippen LogP contribution in [0.1, 0.15) is 19.3 Å². The summed E-state index contributed by atoms with van der Waals surface area (Å²) in [6.07, 6.45) is 2.43. The van der Waals surface area contributed by atoms with Crippen LogP contribution in [0.25, 0.3) is 0 Å². The first kappa shape index (κ1) is 22.0. The molecule has 0 aromatic heterocycles. The number of amides is 2. The van der Waals surface area contributed by atoms with E-state index in [0.717, 1.165) is 31.6 Å². The fraction of sp³-hybridized carbons (Fsp3) is 0.579. The molecule has 2 saturated heterocycles. The maximum absolute atomic E-state index is 12.7. The van der Waals surface area contributed by atoms with E-state index in [2.05, 4.69) is 10.6 Å². The number of nitrogens with zero attached hydrogens (tertiary/aromatic N) is 1. The zero-order chi connectivity index (χ0) is 18.6. The molecule has 150 valence electrons. The van der Waals surface area contributed by atoms with E-state index in [1.165, 1.54) is 0 Å². The lowest BCUT2D eigenvalue weighted by Crippen LogP contribution is -2.48. The number of piperidine rings is 1. The van der Waals surface area contributed by atoms with E-state index in [1.807, 2.05) is 12.1 Å². The van der Waals surface area contributed by atoms with Crippen molar-refractivity contribution >= 4 is 41.5 Å². The summed E-state index contributed by atoms with van der Waals surface area (Å²) in [5, 5.41) is 6.93. The van der Waals surface area contributed by atoms with Gasteiger partial charge in [0.05, 0.1) is 6.61 Å². The lowest BCUT2D eigenvalue weighted by molar-refractivity contribution is -0.132. The van der Waals surface area contributed by atoms with E-state index < -0.39 is 5.92 Å². The third-order valence-corrected chi connectivity index (χ3v) is 5.63. The van der Waals surface area contributed by atoms with Crippen molar-refractivity contribution in [3.8, 4) is 0 Å². The maximum atomic E-state index is 12.7. The summed E-state index contributed by atoms with van der Waals surface area (Å²) in [4.78, 5) is 27.0. The molecule has 1 aromatic rings. The minimum Gasteiger partial charge on any atom is -0.384 e. The Morgan fingerprint density at radius 1 is 1.41 bits per heavy atom. The van der Waals surface area contributed by atoms with E-state index in [1.54, 1.807) is 24.1 Å². The molecule has 2 heterocycles. The Bertz CT molecular complexity index is 660. The molecule has 6 nitrogen and oxygen atoms in total. The first-order chi connectivity index (χ1) is 12.5. The number of carbonyl (C=O) groups excluding carboxylic acids is 2. The molecule has 0 spiro atoms. The summed E-state index contributed by atoms with van der Waals surface area (Å²) in [5.41, 5.74) is 0.691. The van der Waals surface area contributed by atoms with Crippen LogP contribution in [0.3, 0.4) is 0 Å². The predicted octanol–water partition coefficient (Wildman–Crippen LogP) is 2.25. The van der Waals surface area contributed by atoms with Crippen molar-refractivity contribution in [1.82, 2.24) is 10.6 Å². The zero-order valence-corrected chi connectivity index (χ0v) is 17.1. The van der Waals surface area contributed by atoms with Gasteiger partial charge in [0.15, 0.2) is 0 Å². The lowest BCUT2D eigenvalue weighted by Gasteiger charge is -2.37. The Morgan fingerprint density at radius 2 is 2.15 bits per heavy atom. The number of rotatable bonds is 6. The molecule has 2 aliphatic rings. The Hall–Kier alpha value is -1.34. The summed E-state index contributed by atoms with van der Waals surface area (Å²) < 4.78 is 5.38. The minimum absolute atomic E-state index is 0. The van der Waals surface area contributed by atoms with Gasteiger partial charge >= 0.3 is 0 Å². The van der Waals surface area contributed by atoms with Crippen molar-refractivity contribution in [1.29, 1.82) is 0 Å². The average molecular weight is 416 g/mol. The standard InChI is InChI=1S/C19H26ClN3O3.ClH/c1-26-13-19(6-8-21-9-7-19)12-22-17(24)16-5-10-23(18(16)25)15-4-2-3-14(20)11-15;/h2-4,11,16,21H,5-10,12-13H2,1H3,(H,22,24);1H. The number of hydrogen-bond donors (Lipinski definition) is 2. The van der Waals surface area contributed by atoms with Crippen LogP contribution in [0.4, 0.5) is 5.69 Å². The minimum atomic E-state index is -0.629. The van der Waals surface area contributed by atoms with Crippen molar-refractivity contribution < 1.29 is 14.3 Å². The van der Waals surface area contributed by atoms with Crippen molar-refractivity contribution in [2.75, 3.05) is 44.8 Å². The van der Waals surface area contributed by atoms with E-state index >= 15 is 0 Å². The van der Waals surface area contributed by atoms with Gasteiger partial charge in [-0.2, -0.15) is 0 Å². The molecule has 27 heavy (non-hydrogen) atoms. The molecule has 1 unspecified atom stereocenters. The summed E-state index contributed by atoms with van der Waals surface area (Å²) in [6, 6.07) is 7.17. The fourth-order valence-corrected chi connectivity index (χ4v) is 4.04. The van der Waals surface area contributed by atoms with Gasteiger partial charge in [0.1, 0.15) is 5.92 Å². The first-order valence-corrected chi connectivity index (χ1v) is 9.47. The highest BCUT2D eigenvalue weighted by Crippen LogP contribution is 2.30. The van der Waals surface area contributed by atoms with E-state index in [-0.39, 0.29) is 29.6 Å². The van der Waals surface area contributed by atoms with Gasteiger partial charge in [0, 0.05) is 36.3 Å². The van der Waals surface area contributed by atoms with Crippen molar-refractivity contribution in [2.45, 2.75) is 19.3 Å². The number of anilines is 1. The molecule has 2 fully saturated rings. The summed E-state index contributed by atoms with van der Waals surface area (Å²) in [5.74, 6) is -0.973. The molecule has 0 aliphatic carbocycles. The van der Waals surface area contributed by atoms with Crippen LogP contribution in [-0.4, -0.2) is 51.7 Å². The normalized spacial score (nSPS) is 21.6. The number of ether oxygens (including phenoxy) is 1. The van der Waals surface area contributed by atoms with Gasteiger partial charge < -0.3 is 20.3 Å².